The van der Waals surface area contributed by atoms with Crippen molar-refractivity contribution >= 4 is 15.7 Å². The van der Waals surface area contributed by atoms with Gasteiger partial charge in [0.2, 0.25) is 5.95 Å². The Morgan fingerprint density at radius 2 is 1.93 bits per heavy atom. The van der Waals surface area contributed by atoms with Crippen molar-refractivity contribution in [3.63, 3.8) is 0 Å². The summed E-state index contributed by atoms with van der Waals surface area (Å²) in [6.45, 7) is 0.720. The molecular formula is C8H10FN3O2S. The fourth-order valence-corrected chi connectivity index (χ4v) is 2.64. The lowest BCUT2D eigenvalue weighted by molar-refractivity contribution is 0.575. The lowest BCUT2D eigenvalue weighted by Gasteiger charge is -2.27. The Balaban J connectivity index is 2.14. The Bertz CT molecular complexity index is 449. The van der Waals surface area contributed by atoms with Crippen LogP contribution in [0.5, 0.6) is 0 Å². The highest BCUT2D eigenvalue weighted by atomic mass is 32.2. The molecule has 2 rings (SSSR count). The number of halogens is 1. The summed E-state index contributed by atoms with van der Waals surface area (Å²) in [5, 5.41) is 0. The van der Waals surface area contributed by atoms with Crippen molar-refractivity contribution in [2.75, 3.05) is 29.5 Å². The van der Waals surface area contributed by atoms with Gasteiger partial charge in [-0.3, -0.25) is 0 Å². The quantitative estimate of drug-likeness (QED) is 0.629. The third kappa shape index (κ3) is 2.41. The molecule has 1 saturated heterocycles. The van der Waals surface area contributed by atoms with Gasteiger partial charge in [-0.2, -0.15) is 4.39 Å². The Labute approximate surface area is 86.9 Å². The molecule has 1 fully saturated rings. The fraction of sp³-hybridized carbons (Fsp3) is 0.500. The van der Waals surface area contributed by atoms with E-state index in [2.05, 4.69) is 9.97 Å². The van der Waals surface area contributed by atoms with Crippen molar-refractivity contribution in [2.45, 2.75) is 0 Å². The first-order valence-electron chi connectivity index (χ1n) is 4.50. The van der Waals surface area contributed by atoms with Gasteiger partial charge in [-0.05, 0) is 0 Å². The smallest absolute Gasteiger partial charge is 0.218 e. The molecule has 0 radical (unpaired) electrons. The van der Waals surface area contributed by atoms with Gasteiger partial charge in [0.15, 0.2) is 9.84 Å². The first-order chi connectivity index (χ1) is 7.07. The summed E-state index contributed by atoms with van der Waals surface area (Å²) in [7, 11) is -2.91. The van der Waals surface area contributed by atoms with Crippen LogP contribution in [0.15, 0.2) is 12.4 Å². The highest BCUT2D eigenvalue weighted by molar-refractivity contribution is 7.91. The first-order valence-corrected chi connectivity index (χ1v) is 6.32. The van der Waals surface area contributed by atoms with Crippen molar-refractivity contribution < 1.29 is 12.8 Å². The van der Waals surface area contributed by atoms with Gasteiger partial charge < -0.3 is 4.90 Å². The summed E-state index contributed by atoms with van der Waals surface area (Å²) >= 11 is 0. The summed E-state index contributed by atoms with van der Waals surface area (Å²) in [5.74, 6) is 0.0304. The molecule has 0 aromatic carbocycles. The molecule has 1 aliphatic heterocycles. The van der Waals surface area contributed by atoms with E-state index in [0.29, 0.717) is 18.9 Å². The first kappa shape index (κ1) is 10.3. The third-order valence-corrected chi connectivity index (χ3v) is 3.90. The summed E-state index contributed by atoms with van der Waals surface area (Å²) in [6.07, 6.45) is 1.13. The molecule has 7 heteroatoms. The standard InChI is InChI=1S/C8H10FN3O2S/c9-7-5-8(11-6-10-7)12-1-3-15(13,14)4-2-12/h5-6H,1-4H2. The largest absolute Gasteiger partial charge is 0.354 e. The van der Waals surface area contributed by atoms with E-state index in [9.17, 15) is 12.8 Å². The molecule has 2 heterocycles. The topological polar surface area (TPSA) is 63.2 Å². The highest BCUT2D eigenvalue weighted by Crippen LogP contribution is 2.13. The molecule has 0 N–H and O–H groups in total. The van der Waals surface area contributed by atoms with E-state index < -0.39 is 15.8 Å². The van der Waals surface area contributed by atoms with Gasteiger partial charge in [-0.1, -0.05) is 0 Å². The predicted octanol–water partition coefficient (Wildman–Crippen LogP) is -0.149. The van der Waals surface area contributed by atoms with E-state index >= 15 is 0 Å². The van der Waals surface area contributed by atoms with E-state index in [-0.39, 0.29) is 11.5 Å². The molecule has 0 bridgehead atoms. The van der Waals surface area contributed by atoms with Crippen LogP contribution in [-0.2, 0) is 9.84 Å². The minimum absolute atomic E-state index is 0.0959. The SMILES string of the molecule is O=S1(=O)CCN(c2cc(F)ncn2)CC1. The molecule has 0 aliphatic carbocycles. The lowest BCUT2D eigenvalue weighted by atomic mass is 10.4. The maximum atomic E-state index is 12.8. The number of nitrogens with zero attached hydrogens (tertiary/aromatic N) is 3. The summed E-state index contributed by atoms with van der Waals surface area (Å²) in [6, 6.07) is 1.21. The molecule has 82 valence electrons. The molecule has 0 spiro atoms. The summed E-state index contributed by atoms with van der Waals surface area (Å²) in [4.78, 5) is 8.97. The second-order valence-corrected chi connectivity index (χ2v) is 5.64. The zero-order valence-corrected chi connectivity index (χ0v) is 8.74. The van der Waals surface area contributed by atoms with Crippen LogP contribution < -0.4 is 4.90 Å². The number of anilines is 1. The number of rotatable bonds is 1. The van der Waals surface area contributed by atoms with E-state index in [4.69, 9.17) is 0 Å². The second-order valence-electron chi connectivity index (χ2n) is 3.34. The van der Waals surface area contributed by atoms with Gasteiger partial charge in [0.05, 0.1) is 11.5 Å². The van der Waals surface area contributed by atoms with Crippen LogP contribution in [0, 0.1) is 5.95 Å². The molecule has 15 heavy (non-hydrogen) atoms. The molecule has 1 aliphatic rings. The molecule has 5 nitrogen and oxygen atoms in total. The molecule has 1 aromatic rings. The molecule has 0 atom stereocenters. The van der Waals surface area contributed by atoms with Crippen LogP contribution in [0.1, 0.15) is 0 Å². The Hall–Kier alpha value is -1.24. The van der Waals surface area contributed by atoms with Gasteiger partial charge >= 0.3 is 0 Å². The Kier molecular flexibility index (Phi) is 2.56. The zero-order chi connectivity index (χ0) is 10.9. The van der Waals surface area contributed by atoms with Gasteiger partial charge in [0.25, 0.3) is 0 Å². The minimum atomic E-state index is -2.91. The molecular weight excluding hydrogens is 221 g/mol. The van der Waals surface area contributed by atoms with Gasteiger partial charge in [-0.15, -0.1) is 0 Å². The van der Waals surface area contributed by atoms with Crippen LogP contribution in [0.2, 0.25) is 0 Å². The Morgan fingerprint density at radius 3 is 2.53 bits per heavy atom. The van der Waals surface area contributed by atoms with Crippen LogP contribution in [0.25, 0.3) is 0 Å². The van der Waals surface area contributed by atoms with Crippen molar-refractivity contribution in [1.82, 2.24) is 9.97 Å². The van der Waals surface area contributed by atoms with Crippen LogP contribution >= 0.6 is 0 Å². The van der Waals surface area contributed by atoms with E-state index in [1.54, 1.807) is 4.90 Å². The van der Waals surface area contributed by atoms with E-state index in [1.165, 1.54) is 6.07 Å². The van der Waals surface area contributed by atoms with Gasteiger partial charge in [-0.25, -0.2) is 18.4 Å². The van der Waals surface area contributed by atoms with Crippen LogP contribution in [0.3, 0.4) is 0 Å². The monoisotopic (exact) mass is 231 g/mol. The molecule has 1 aromatic heterocycles. The molecule has 0 unspecified atom stereocenters. The molecule has 0 amide bonds. The fourth-order valence-electron chi connectivity index (χ4n) is 1.44. The van der Waals surface area contributed by atoms with Crippen molar-refractivity contribution in [3.05, 3.63) is 18.3 Å². The van der Waals surface area contributed by atoms with Crippen LogP contribution in [0.4, 0.5) is 10.2 Å². The number of hydrogen-bond acceptors (Lipinski definition) is 5. The summed E-state index contributed by atoms with van der Waals surface area (Å²) in [5.41, 5.74) is 0. The minimum Gasteiger partial charge on any atom is -0.354 e. The van der Waals surface area contributed by atoms with Gasteiger partial charge in [0, 0.05) is 19.2 Å². The second kappa shape index (κ2) is 3.73. The molecule has 0 saturated carbocycles. The maximum Gasteiger partial charge on any atom is 0.218 e. The summed E-state index contributed by atoms with van der Waals surface area (Å²) < 4.78 is 35.1. The average Bonchev–Trinajstić information content (AvgIpc) is 2.17. The van der Waals surface area contributed by atoms with Crippen molar-refractivity contribution in [2.24, 2.45) is 0 Å². The normalized spacial score (nSPS) is 20.2. The van der Waals surface area contributed by atoms with Crippen molar-refractivity contribution in [3.8, 4) is 0 Å². The highest BCUT2D eigenvalue weighted by Gasteiger charge is 2.22. The third-order valence-electron chi connectivity index (χ3n) is 2.29. The van der Waals surface area contributed by atoms with Crippen LogP contribution in [-0.4, -0.2) is 43.0 Å². The maximum absolute atomic E-state index is 12.8. The van der Waals surface area contributed by atoms with Crippen molar-refractivity contribution in [1.29, 1.82) is 0 Å². The number of aromatic nitrogens is 2. The number of sulfone groups is 1. The lowest BCUT2D eigenvalue weighted by Crippen LogP contribution is -2.40. The Morgan fingerprint density at radius 1 is 1.27 bits per heavy atom. The number of hydrogen-bond donors (Lipinski definition) is 0. The predicted molar refractivity (Wildman–Crippen MR) is 52.9 cm³/mol. The van der Waals surface area contributed by atoms with Gasteiger partial charge in [0.1, 0.15) is 12.1 Å². The van der Waals surface area contributed by atoms with E-state index in [0.717, 1.165) is 6.33 Å². The average molecular weight is 231 g/mol. The zero-order valence-electron chi connectivity index (χ0n) is 7.93. The van der Waals surface area contributed by atoms with E-state index in [1.807, 2.05) is 0 Å².